The van der Waals surface area contributed by atoms with Crippen LogP contribution < -0.4 is 4.90 Å². The van der Waals surface area contributed by atoms with Crippen molar-refractivity contribution in [2.45, 2.75) is 20.3 Å². The van der Waals surface area contributed by atoms with Crippen LogP contribution in [0.2, 0.25) is 0 Å². The Labute approximate surface area is 186 Å². The summed E-state index contributed by atoms with van der Waals surface area (Å²) in [6, 6.07) is 13.1. The van der Waals surface area contributed by atoms with Crippen molar-refractivity contribution in [2.24, 2.45) is 0 Å². The van der Waals surface area contributed by atoms with E-state index in [0.717, 1.165) is 54.6 Å². The minimum atomic E-state index is -0.0834. The predicted octanol–water partition coefficient (Wildman–Crippen LogP) is 4.15. The number of benzene rings is 2. The fraction of sp³-hybridized carbons (Fsp3) is 0.375. The molecular weight excluding hydrogens is 408 g/mol. The van der Waals surface area contributed by atoms with E-state index in [9.17, 15) is 4.79 Å². The highest BCUT2D eigenvalue weighted by Crippen LogP contribution is 2.33. The van der Waals surface area contributed by atoms with E-state index in [1.165, 1.54) is 11.1 Å². The number of carbonyl (C=O) groups is 1. The van der Waals surface area contributed by atoms with Gasteiger partial charge < -0.3 is 4.74 Å². The molecule has 2 heterocycles. The van der Waals surface area contributed by atoms with Crippen molar-refractivity contribution >= 4 is 32.6 Å². The van der Waals surface area contributed by atoms with E-state index in [1.807, 2.05) is 0 Å². The molecule has 0 atom stereocenters. The Bertz CT molecular complexity index is 1110. The molecule has 1 aliphatic heterocycles. The van der Waals surface area contributed by atoms with Crippen LogP contribution in [0.5, 0.6) is 0 Å². The van der Waals surface area contributed by atoms with E-state index in [-0.39, 0.29) is 5.91 Å². The number of aryl methyl sites for hydroxylation is 2. The Morgan fingerprint density at radius 3 is 2.68 bits per heavy atom. The van der Waals surface area contributed by atoms with Gasteiger partial charge in [0.05, 0.1) is 35.1 Å². The van der Waals surface area contributed by atoms with Crippen molar-refractivity contribution in [3.8, 4) is 6.07 Å². The maximum absolute atomic E-state index is 13.4. The Hall–Kier alpha value is -2.79. The van der Waals surface area contributed by atoms with Gasteiger partial charge in [0.25, 0.3) is 5.91 Å². The fourth-order valence-electron chi connectivity index (χ4n) is 3.88. The molecule has 31 heavy (non-hydrogen) atoms. The Balaban J connectivity index is 1.60. The van der Waals surface area contributed by atoms with E-state index in [0.29, 0.717) is 17.7 Å². The second kappa shape index (κ2) is 9.56. The number of ether oxygens (including phenoxy) is 1. The summed E-state index contributed by atoms with van der Waals surface area (Å²) in [5.74, 6) is -0.0834. The fourth-order valence-corrected chi connectivity index (χ4v) is 4.92. The first-order chi connectivity index (χ1) is 15.0. The van der Waals surface area contributed by atoms with Gasteiger partial charge in [-0.05, 0) is 61.7 Å². The number of carbonyl (C=O) groups excluding carboxylic acids is 1. The molecule has 6 nitrogen and oxygen atoms in total. The third kappa shape index (κ3) is 4.93. The lowest BCUT2D eigenvalue weighted by Gasteiger charge is -2.27. The van der Waals surface area contributed by atoms with Gasteiger partial charge in [-0.15, -0.1) is 0 Å². The van der Waals surface area contributed by atoms with Crippen LogP contribution in [0.25, 0.3) is 10.2 Å². The lowest BCUT2D eigenvalue weighted by Crippen LogP contribution is -2.39. The van der Waals surface area contributed by atoms with Crippen LogP contribution in [-0.2, 0) is 4.74 Å². The SMILES string of the molecule is Cc1cc(C)c2sc(N(CCCN3CCOCC3)C(=O)c3ccc(C#N)cc3)nc2c1. The van der Waals surface area contributed by atoms with Crippen molar-refractivity contribution in [3.05, 3.63) is 58.7 Å². The Morgan fingerprint density at radius 2 is 1.97 bits per heavy atom. The zero-order chi connectivity index (χ0) is 21.8. The molecule has 2 aromatic carbocycles. The number of morpholine rings is 1. The average Bonchev–Trinajstić information content (AvgIpc) is 3.21. The van der Waals surface area contributed by atoms with Crippen molar-refractivity contribution < 1.29 is 9.53 Å². The van der Waals surface area contributed by atoms with Crippen LogP contribution in [-0.4, -0.2) is 55.2 Å². The summed E-state index contributed by atoms with van der Waals surface area (Å²) in [5, 5.41) is 9.78. The summed E-state index contributed by atoms with van der Waals surface area (Å²) in [6.07, 6.45) is 0.857. The average molecular weight is 435 g/mol. The minimum absolute atomic E-state index is 0.0834. The quantitative estimate of drug-likeness (QED) is 0.583. The predicted molar refractivity (Wildman–Crippen MR) is 124 cm³/mol. The highest BCUT2D eigenvalue weighted by molar-refractivity contribution is 7.22. The van der Waals surface area contributed by atoms with E-state index in [2.05, 4.69) is 36.9 Å². The summed E-state index contributed by atoms with van der Waals surface area (Å²) in [6.45, 7) is 9.06. The van der Waals surface area contributed by atoms with E-state index < -0.39 is 0 Å². The topological polar surface area (TPSA) is 69.5 Å². The summed E-state index contributed by atoms with van der Waals surface area (Å²) in [7, 11) is 0. The van der Waals surface area contributed by atoms with Crippen LogP contribution in [0.4, 0.5) is 5.13 Å². The molecule has 7 heteroatoms. The highest BCUT2D eigenvalue weighted by Gasteiger charge is 2.22. The number of amides is 1. The van der Waals surface area contributed by atoms with Crippen LogP contribution in [0, 0.1) is 25.2 Å². The standard InChI is InChI=1S/C24H26N4O2S/c1-17-14-18(2)22-21(15-17)26-24(31-22)28(9-3-8-27-10-12-30-13-11-27)23(29)20-6-4-19(16-25)5-7-20/h4-7,14-15H,3,8-13H2,1-2H3. The molecule has 3 aromatic rings. The van der Waals surface area contributed by atoms with Gasteiger partial charge in [0.15, 0.2) is 5.13 Å². The number of rotatable bonds is 6. The van der Waals surface area contributed by atoms with Gasteiger partial charge >= 0.3 is 0 Å². The van der Waals surface area contributed by atoms with Gasteiger partial charge in [-0.3, -0.25) is 14.6 Å². The molecule has 0 radical (unpaired) electrons. The molecule has 4 rings (SSSR count). The monoisotopic (exact) mass is 434 g/mol. The number of nitrogens with zero attached hydrogens (tertiary/aromatic N) is 4. The summed E-state index contributed by atoms with van der Waals surface area (Å²) >= 11 is 1.57. The summed E-state index contributed by atoms with van der Waals surface area (Å²) < 4.78 is 6.55. The first kappa shape index (κ1) is 21.4. The Morgan fingerprint density at radius 1 is 1.23 bits per heavy atom. The first-order valence-electron chi connectivity index (χ1n) is 10.5. The zero-order valence-corrected chi connectivity index (χ0v) is 18.7. The molecule has 0 saturated carbocycles. The molecule has 1 aliphatic rings. The zero-order valence-electron chi connectivity index (χ0n) is 17.9. The maximum atomic E-state index is 13.4. The smallest absolute Gasteiger partial charge is 0.260 e. The number of hydrogen-bond acceptors (Lipinski definition) is 6. The van der Waals surface area contributed by atoms with E-state index >= 15 is 0 Å². The maximum Gasteiger partial charge on any atom is 0.260 e. The second-order valence-corrected chi connectivity index (χ2v) is 8.86. The Kier molecular flexibility index (Phi) is 6.62. The number of nitriles is 1. The van der Waals surface area contributed by atoms with Crippen molar-refractivity contribution in [1.82, 2.24) is 9.88 Å². The minimum Gasteiger partial charge on any atom is -0.379 e. The van der Waals surface area contributed by atoms with E-state index in [1.54, 1.807) is 40.5 Å². The number of aromatic nitrogens is 1. The van der Waals surface area contributed by atoms with Gasteiger partial charge in [0.1, 0.15) is 0 Å². The molecule has 1 aromatic heterocycles. The second-order valence-electron chi connectivity index (χ2n) is 7.88. The molecular formula is C24H26N4O2S. The molecule has 0 N–H and O–H groups in total. The molecule has 0 bridgehead atoms. The van der Waals surface area contributed by atoms with Crippen molar-refractivity contribution in [3.63, 3.8) is 0 Å². The van der Waals surface area contributed by atoms with E-state index in [4.69, 9.17) is 15.0 Å². The molecule has 0 unspecified atom stereocenters. The number of fused-ring (bicyclic) bond motifs is 1. The van der Waals surface area contributed by atoms with Crippen LogP contribution in [0.1, 0.15) is 33.5 Å². The summed E-state index contributed by atoms with van der Waals surface area (Å²) in [5.41, 5.74) is 4.39. The van der Waals surface area contributed by atoms with Gasteiger partial charge in [0.2, 0.25) is 0 Å². The lowest BCUT2D eigenvalue weighted by atomic mass is 10.1. The third-order valence-electron chi connectivity index (χ3n) is 5.51. The first-order valence-corrected chi connectivity index (χ1v) is 11.4. The number of hydrogen-bond donors (Lipinski definition) is 0. The van der Waals surface area contributed by atoms with Crippen LogP contribution >= 0.6 is 11.3 Å². The molecule has 1 amide bonds. The van der Waals surface area contributed by atoms with Gasteiger partial charge in [0, 0.05) is 31.7 Å². The number of thiazole rings is 1. The normalized spacial score (nSPS) is 14.5. The third-order valence-corrected chi connectivity index (χ3v) is 6.74. The van der Waals surface area contributed by atoms with Crippen molar-refractivity contribution in [1.29, 1.82) is 5.26 Å². The summed E-state index contributed by atoms with van der Waals surface area (Å²) in [4.78, 5) is 22.4. The largest absolute Gasteiger partial charge is 0.379 e. The molecule has 0 aliphatic carbocycles. The molecule has 0 spiro atoms. The lowest BCUT2D eigenvalue weighted by molar-refractivity contribution is 0.0376. The molecule has 1 fully saturated rings. The molecule has 160 valence electrons. The van der Waals surface area contributed by atoms with Crippen LogP contribution in [0.3, 0.4) is 0 Å². The van der Waals surface area contributed by atoms with Crippen LogP contribution in [0.15, 0.2) is 36.4 Å². The van der Waals surface area contributed by atoms with Crippen molar-refractivity contribution in [2.75, 3.05) is 44.3 Å². The van der Waals surface area contributed by atoms with Gasteiger partial charge in [-0.25, -0.2) is 4.98 Å². The number of anilines is 1. The van der Waals surface area contributed by atoms with Gasteiger partial charge in [-0.1, -0.05) is 17.4 Å². The van der Waals surface area contributed by atoms with Gasteiger partial charge in [-0.2, -0.15) is 5.26 Å². The molecule has 1 saturated heterocycles. The highest BCUT2D eigenvalue weighted by atomic mass is 32.1.